The highest BCUT2D eigenvalue weighted by Gasteiger charge is 2.47. The number of rotatable bonds is 3. The number of alkyl halides is 3. The molecule has 2 aromatic heterocycles. The third-order valence-electron chi connectivity index (χ3n) is 4.44. The van der Waals surface area contributed by atoms with Crippen LogP contribution in [-0.4, -0.2) is 38.4 Å². The summed E-state index contributed by atoms with van der Waals surface area (Å²) < 4.78 is 44.3. The zero-order valence-corrected chi connectivity index (χ0v) is 13.3. The van der Waals surface area contributed by atoms with Crippen LogP contribution in [-0.2, 0) is 5.41 Å². The van der Waals surface area contributed by atoms with Crippen molar-refractivity contribution < 1.29 is 17.7 Å². The van der Waals surface area contributed by atoms with Crippen LogP contribution in [0.4, 0.5) is 13.2 Å². The molecule has 0 bridgehead atoms. The number of aromatic nitrogens is 4. The van der Waals surface area contributed by atoms with E-state index in [0.717, 1.165) is 0 Å². The molecular weight excluding hydrogens is 323 g/mol. The topological polar surface area (TPSA) is 76.7 Å². The summed E-state index contributed by atoms with van der Waals surface area (Å²) in [4.78, 5) is 12.2. The molecule has 0 saturated carbocycles. The van der Waals surface area contributed by atoms with Crippen LogP contribution in [0.3, 0.4) is 0 Å². The third kappa shape index (κ3) is 3.26. The molecule has 1 N–H and O–H groups in total. The second-order valence-electron chi connectivity index (χ2n) is 6.48. The van der Waals surface area contributed by atoms with E-state index in [1.54, 1.807) is 26.1 Å². The van der Waals surface area contributed by atoms with Gasteiger partial charge in [-0.2, -0.15) is 18.2 Å². The molecule has 130 valence electrons. The smallest absolute Gasteiger partial charge is 0.338 e. The Morgan fingerprint density at radius 2 is 1.96 bits per heavy atom. The molecule has 0 aliphatic carbocycles. The number of hydrogen-bond donors (Lipinski definition) is 1. The highest BCUT2D eigenvalue weighted by molar-refractivity contribution is 5.46. The van der Waals surface area contributed by atoms with Crippen molar-refractivity contribution in [3.05, 3.63) is 24.5 Å². The maximum atomic E-state index is 13.0. The summed E-state index contributed by atoms with van der Waals surface area (Å²) in [6.45, 7) is 3.61. The highest BCUT2D eigenvalue weighted by atomic mass is 19.4. The Morgan fingerprint density at radius 1 is 1.21 bits per heavy atom. The van der Waals surface area contributed by atoms with Crippen molar-refractivity contribution in [3.63, 3.8) is 0 Å². The van der Waals surface area contributed by atoms with Crippen LogP contribution in [0.2, 0.25) is 0 Å². The lowest BCUT2D eigenvalue weighted by molar-refractivity contribution is -0.164. The largest absolute Gasteiger partial charge is 0.403 e. The molecule has 0 radical (unpaired) electrons. The van der Waals surface area contributed by atoms with Gasteiger partial charge >= 0.3 is 6.18 Å². The molecule has 1 aliphatic rings. The molecule has 0 amide bonds. The van der Waals surface area contributed by atoms with Gasteiger partial charge in [0.05, 0.1) is 5.41 Å². The molecule has 0 unspecified atom stereocenters. The Bertz CT molecular complexity index is 686. The lowest BCUT2D eigenvalue weighted by Crippen LogP contribution is -2.56. The van der Waals surface area contributed by atoms with Crippen molar-refractivity contribution in [2.45, 2.75) is 56.8 Å². The summed E-state index contributed by atoms with van der Waals surface area (Å²) in [5, 5.41) is 6.59. The molecule has 24 heavy (non-hydrogen) atoms. The van der Waals surface area contributed by atoms with E-state index in [1.807, 2.05) is 0 Å². The van der Waals surface area contributed by atoms with Crippen molar-refractivity contribution in [2.24, 2.45) is 0 Å². The Hall–Kier alpha value is -2.03. The van der Waals surface area contributed by atoms with Gasteiger partial charge in [-0.05, 0) is 39.2 Å². The molecule has 1 aliphatic heterocycles. The second kappa shape index (κ2) is 6.12. The minimum atomic E-state index is -4.25. The van der Waals surface area contributed by atoms with Crippen molar-refractivity contribution in [1.82, 2.24) is 25.4 Å². The molecule has 3 heterocycles. The van der Waals surface area contributed by atoms with Crippen LogP contribution in [0.25, 0.3) is 11.5 Å². The first kappa shape index (κ1) is 16.8. The van der Waals surface area contributed by atoms with Crippen LogP contribution in [0.5, 0.6) is 0 Å². The Kier molecular flexibility index (Phi) is 4.29. The fourth-order valence-corrected chi connectivity index (χ4v) is 2.92. The minimum absolute atomic E-state index is 0.0894. The van der Waals surface area contributed by atoms with Gasteiger partial charge in [0, 0.05) is 12.2 Å². The van der Waals surface area contributed by atoms with Crippen molar-refractivity contribution in [3.8, 4) is 11.5 Å². The second-order valence-corrected chi connectivity index (χ2v) is 6.48. The summed E-state index contributed by atoms with van der Waals surface area (Å²) >= 11 is 0. The Labute approximate surface area is 136 Å². The van der Waals surface area contributed by atoms with Gasteiger partial charge in [-0.25, -0.2) is 9.97 Å². The fraction of sp³-hybridized carbons (Fsp3) is 0.600. The van der Waals surface area contributed by atoms with Gasteiger partial charge in [-0.15, -0.1) is 0 Å². The SMILES string of the molecule is CC(C)(c1nc(-c2ccncn2)no1)[C@@H]1CCC[C@H](C(F)(F)F)N1. The molecule has 1 saturated heterocycles. The van der Waals surface area contributed by atoms with E-state index >= 15 is 0 Å². The molecule has 9 heteroatoms. The molecular formula is C15H18F3N5O. The highest BCUT2D eigenvalue weighted by Crippen LogP contribution is 2.35. The molecule has 3 rings (SSSR count). The molecule has 0 aromatic carbocycles. The number of halogens is 3. The molecule has 0 spiro atoms. The average Bonchev–Trinajstić information content (AvgIpc) is 3.06. The van der Waals surface area contributed by atoms with Gasteiger partial charge in [0.1, 0.15) is 18.1 Å². The van der Waals surface area contributed by atoms with Crippen molar-refractivity contribution in [2.75, 3.05) is 0 Å². The quantitative estimate of drug-likeness (QED) is 0.925. The van der Waals surface area contributed by atoms with Crippen LogP contribution in [0, 0.1) is 0 Å². The van der Waals surface area contributed by atoms with E-state index in [9.17, 15) is 13.2 Å². The number of nitrogens with one attached hydrogen (secondary N) is 1. The average molecular weight is 341 g/mol. The molecule has 1 fully saturated rings. The number of piperidine rings is 1. The first-order chi connectivity index (χ1) is 11.3. The van der Waals surface area contributed by atoms with Crippen LogP contribution >= 0.6 is 0 Å². The zero-order valence-electron chi connectivity index (χ0n) is 13.3. The predicted molar refractivity (Wildman–Crippen MR) is 79.0 cm³/mol. The van der Waals surface area contributed by atoms with Gasteiger partial charge in [-0.3, -0.25) is 0 Å². The molecule has 2 atom stereocenters. The van der Waals surface area contributed by atoms with Crippen molar-refractivity contribution in [1.29, 1.82) is 0 Å². The number of nitrogens with zero attached hydrogens (tertiary/aromatic N) is 4. The van der Waals surface area contributed by atoms with E-state index < -0.39 is 23.7 Å². The van der Waals surface area contributed by atoms with E-state index in [4.69, 9.17) is 4.52 Å². The molecule has 6 nitrogen and oxygen atoms in total. The van der Waals surface area contributed by atoms with Gasteiger partial charge in [-0.1, -0.05) is 5.16 Å². The maximum Gasteiger partial charge on any atom is 0.403 e. The van der Waals surface area contributed by atoms with Crippen molar-refractivity contribution >= 4 is 0 Å². The summed E-state index contributed by atoms with van der Waals surface area (Å²) in [7, 11) is 0. The predicted octanol–water partition coefficient (Wildman–Crippen LogP) is 2.88. The zero-order chi connectivity index (χ0) is 17.4. The van der Waals surface area contributed by atoms with Crippen LogP contribution in [0.1, 0.15) is 39.0 Å². The first-order valence-electron chi connectivity index (χ1n) is 7.72. The maximum absolute atomic E-state index is 13.0. The van der Waals surface area contributed by atoms with E-state index in [0.29, 0.717) is 24.4 Å². The van der Waals surface area contributed by atoms with E-state index in [-0.39, 0.29) is 12.3 Å². The monoisotopic (exact) mass is 341 g/mol. The van der Waals surface area contributed by atoms with Crippen LogP contribution < -0.4 is 5.32 Å². The van der Waals surface area contributed by atoms with Gasteiger partial charge in [0.15, 0.2) is 0 Å². The van der Waals surface area contributed by atoms with Gasteiger partial charge in [0.2, 0.25) is 11.7 Å². The minimum Gasteiger partial charge on any atom is -0.338 e. The normalized spacial score (nSPS) is 22.5. The summed E-state index contributed by atoms with van der Waals surface area (Å²) in [6.07, 6.45) is -0.127. The standard InChI is InChI=1S/C15H18F3N5O/c1-14(2,10-4-3-5-11(21-10)15(16,17)18)13-22-12(23-24-13)9-6-7-19-8-20-9/h6-8,10-11,21H,3-5H2,1-2H3/t10-,11+/m0/s1. The van der Waals surface area contributed by atoms with E-state index in [2.05, 4.69) is 25.4 Å². The van der Waals surface area contributed by atoms with Crippen LogP contribution in [0.15, 0.2) is 23.1 Å². The van der Waals surface area contributed by atoms with Gasteiger partial charge in [0.25, 0.3) is 0 Å². The fourth-order valence-electron chi connectivity index (χ4n) is 2.92. The summed E-state index contributed by atoms with van der Waals surface area (Å²) in [6, 6.07) is -0.267. The Balaban J connectivity index is 1.81. The van der Waals surface area contributed by atoms with Gasteiger partial charge < -0.3 is 9.84 Å². The number of hydrogen-bond acceptors (Lipinski definition) is 6. The lowest BCUT2D eigenvalue weighted by Gasteiger charge is -2.39. The lowest BCUT2D eigenvalue weighted by atomic mass is 9.78. The first-order valence-corrected chi connectivity index (χ1v) is 7.72. The third-order valence-corrected chi connectivity index (χ3v) is 4.44. The summed E-state index contributed by atoms with van der Waals surface area (Å²) in [5.74, 6) is 0.583. The Morgan fingerprint density at radius 3 is 2.62 bits per heavy atom. The van der Waals surface area contributed by atoms with E-state index in [1.165, 1.54) is 6.33 Å². The summed E-state index contributed by atoms with van der Waals surface area (Å²) in [5.41, 5.74) is -0.233. The molecule has 2 aromatic rings.